The smallest absolute Gasteiger partial charge is 0.265 e. The summed E-state index contributed by atoms with van der Waals surface area (Å²) >= 11 is 6.38. The molecule has 1 saturated heterocycles. The summed E-state index contributed by atoms with van der Waals surface area (Å²) in [5.41, 5.74) is 1.15. The Hall–Kier alpha value is -1.65. The Labute approximate surface area is 122 Å². The van der Waals surface area contributed by atoms with Crippen LogP contribution in [-0.4, -0.2) is 22.2 Å². The van der Waals surface area contributed by atoms with Crippen LogP contribution in [0.4, 0.5) is 0 Å². The lowest BCUT2D eigenvalue weighted by Crippen LogP contribution is -2.22. The van der Waals surface area contributed by atoms with Crippen molar-refractivity contribution in [2.24, 2.45) is 0 Å². The zero-order chi connectivity index (χ0) is 13.7. The van der Waals surface area contributed by atoms with E-state index in [2.05, 4.69) is 0 Å². The van der Waals surface area contributed by atoms with E-state index in [1.165, 1.54) is 16.7 Å². The van der Waals surface area contributed by atoms with Crippen LogP contribution in [0.5, 0.6) is 0 Å². The van der Waals surface area contributed by atoms with Crippen LogP contribution in [0.2, 0.25) is 0 Å². The van der Waals surface area contributed by atoms with Crippen LogP contribution in [0.3, 0.4) is 0 Å². The third-order valence-corrected chi connectivity index (χ3v) is 4.05. The lowest BCUT2D eigenvalue weighted by molar-refractivity contribution is -0.121. The molecule has 1 aliphatic heterocycles. The molecule has 2 rings (SSSR count). The quantitative estimate of drug-likeness (QED) is 0.481. The minimum atomic E-state index is -0.0355. The van der Waals surface area contributed by atoms with E-state index in [9.17, 15) is 4.79 Å². The largest absolute Gasteiger partial charge is 0.296 e. The molecule has 4 heteroatoms. The first-order chi connectivity index (χ1) is 9.18. The monoisotopic (exact) mass is 287 g/mol. The highest BCUT2D eigenvalue weighted by molar-refractivity contribution is 8.26. The van der Waals surface area contributed by atoms with Gasteiger partial charge in [-0.25, -0.2) is 0 Å². The van der Waals surface area contributed by atoms with Crippen molar-refractivity contribution < 1.29 is 4.79 Å². The predicted octanol–water partition coefficient (Wildman–Crippen LogP) is 3.63. The molecule has 0 unspecified atom stereocenters. The molecule has 1 fully saturated rings. The highest BCUT2D eigenvalue weighted by atomic mass is 32.2. The van der Waals surface area contributed by atoms with Crippen molar-refractivity contribution in [2.75, 3.05) is 7.05 Å². The number of likely N-dealkylation sites (N-methyl/N-ethyl adjacent to an activating group) is 1. The third kappa shape index (κ3) is 3.66. The number of hydrogen-bond donors (Lipinski definition) is 0. The summed E-state index contributed by atoms with van der Waals surface area (Å²) in [6.45, 7) is 0. The summed E-state index contributed by atoms with van der Waals surface area (Å²) in [6.07, 6.45) is 9.49. The molecule has 1 aromatic rings. The van der Waals surface area contributed by atoms with Crippen molar-refractivity contribution in [1.82, 2.24) is 4.90 Å². The molecule has 0 radical (unpaired) electrons. The normalized spacial score (nSPS) is 18.4. The minimum absolute atomic E-state index is 0.0355. The van der Waals surface area contributed by atoms with Crippen molar-refractivity contribution in [3.63, 3.8) is 0 Å². The van der Waals surface area contributed by atoms with Gasteiger partial charge in [-0.1, -0.05) is 78.6 Å². The van der Waals surface area contributed by atoms with Crippen molar-refractivity contribution in [2.45, 2.75) is 0 Å². The lowest BCUT2D eigenvalue weighted by Gasteiger charge is -2.03. The number of carbonyl (C=O) groups excluding carboxylic acids is 1. The van der Waals surface area contributed by atoms with Crippen LogP contribution in [0.1, 0.15) is 5.56 Å². The van der Waals surface area contributed by atoms with Gasteiger partial charge in [0.1, 0.15) is 4.32 Å². The molecule has 0 bridgehead atoms. The first-order valence-electron chi connectivity index (χ1n) is 5.78. The van der Waals surface area contributed by atoms with Crippen LogP contribution < -0.4 is 0 Å². The number of benzene rings is 1. The van der Waals surface area contributed by atoms with Crippen molar-refractivity contribution in [3.05, 3.63) is 65.1 Å². The second-order valence-corrected chi connectivity index (χ2v) is 5.59. The summed E-state index contributed by atoms with van der Waals surface area (Å²) < 4.78 is 0.601. The second-order valence-electron chi connectivity index (χ2n) is 3.92. The van der Waals surface area contributed by atoms with Gasteiger partial charge in [-0.05, 0) is 11.6 Å². The number of hydrogen-bond acceptors (Lipinski definition) is 3. The van der Waals surface area contributed by atoms with Gasteiger partial charge in [0.2, 0.25) is 0 Å². The van der Waals surface area contributed by atoms with E-state index in [0.29, 0.717) is 9.23 Å². The van der Waals surface area contributed by atoms with E-state index in [1.807, 2.05) is 54.6 Å². The standard InChI is InChI=1S/C15H13NOS2/c1-16-14(17)13(19-15(16)18)11-7-3-6-10-12-8-4-2-5-9-12/h2-11H,1H3/b7-3+,10-6+,13-11-. The molecular formula is C15H13NOS2. The maximum absolute atomic E-state index is 11.7. The van der Waals surface area contributed by atoms with Crippen molar-refractivity contribution in [1.29, 1.82) is 0 Å². The Morgan fingerprint density at radius 1 is 1.16 bits per heavy atom. The van der Waals surface area contributed by atoms with E-state index in [1.54, 1.807) is 13.1 Å². The third-order valence-electron chi connectivity index (χ3n) is 2.54. The van der Waals surface area contributed by atoms with Gasteiger partial charge in [-0.2, -0.15) is 0 Å². The molecule has 0 aromatic heterocycles. The zero-order valence-electron chi connectivity index (χ0n) is 10.4. The number of rotatable bonds is 3. The summed E-state index contributed by atoms with van der Waals surface area (Å²) in [5.74, 6) is -0.0355. The molecular weight excluding hydrogens is 274 g/mol. The van der Waals surface area contributed by atoms with Gasteiger partial charge in [0, 0.05) is 7.05 Å². The molecule has 1 heterocycles. The van der Waals surface area contributed by atoms with E-state index < -0.39 is 0 Å². The van der Waals surface area contributed by atoms with Gasteiger partial charge in [-0.15, -0.1) is 0 Å². The van der Waals surface area contributed by atoms with Crippen LogP contribution in [0.15, 0.2) is 59.5 Å². The number of thiocarbonyl (C=S) groups is 1. The number of allylic oxidation sites excluding steroid dienone is 4. The Morgan fingerprint density at radius 3 is 2.53 bits per heavy atom. The number of carbonyl (C=O) groups is 1. The first kappa shape index (κ1) is 13.8. The molecule has 0 N–H and O–H groups in total. The lowest BCUT2D eigenvalue weighted by atomic mass is 10.2. The molecule has 1 aromatic carbocycles. The highest BCUT2D eigenvalue weighted by Crippen LogP contribution is 2.29. The van der Waals surface area contributed by atoms with Crippen molar-refractivity contribution >= 4 is 40.3 Å². The predicted molar refractivity (Wildman–Crippen MR) is 85.7 cm³/mol. The minimum Gasteiger partial charge on any atom is -0.296 e. The van der Waals surface area contributed by atoms with Gasteiger partial charge in [0.15, 0.2) is 0 Å². The van der Waals surface area contributed by atoms with E-state index in [0.717, 1.165) is 5.56 Å². The Morgan fingerprint density at radius 2 is 1.89 bits per heavy atom. The van der Waals surface area contributed by atoms with Gasteiger partial charge >= 0.3 is 0 Å². The molecule has 2 nitrogen and oxygen atoms in total. The fraction of sp³-hybridized carbons (Fsp3) is 0.0667. The van der Waals surface area contributed by atoms with Gasteiger partial charge in [0.05, 0.1) is 4.91 Å². The summed E-state index contributed by atoms with van der Waals surface area (Å²) in [7, 11) is 1.69. The summed E-state index contributed by atoms with van der Waals surface area (Å²) in [5, 5.41) is 0. The maximum atomic E-state index is 11.7. The molecule has 96 valence electrons. The fourth-order valence-electron chi connectivity index (χ4n) is 1.50. The Bertz CT molecular complexity index is 573. The average Bonchev–Trinajstić information content (AvgIpc) is 2.67. The van der Waals surface area contributed by atoms with Gasteiger partial charge in [0.25, 0.3) is 5.91 Å². The topological polar surface area (TPSA) is 20.3 Å². The van der Waals surface area contributed by atoms with E-state index in [-0.39, 0.29) is 5.91 Å². The number of thioether (sulfide) groups is 1. The molecule has 0 aliphatic carbocycles. The molecule has 0 saturated carbocycles. The first-order valence-corrected chi connectivity index (χ1v) is 7.01. The van der Waals surface area contributed by atoms with Crippen LogP contribution in [0, 0.1) is 0 Å². The van der Waals surface area contributed by atoms with E-state index in [4.69, 9.17) is 12.2 Å². The number of amides is 1. The molecule has 1 amide bonds. The average molecular weight is 287 g/mol. The van der Waals surface area contributed by atoms with E-state index >= 15 is 0 Å². The SMILES string of the molecule is CN1C(=O)/C(=C/C=C/C=C/c2ccccc2)SC1=S. The summed E-state index contributed by atoms with van der Waals surface area (Å²) in [6, 6.07) is 10.0. The van der Waals surface area contributed by atoms with Gasteiger partial charge < -0.3 is 0 Å². The van der Waals surface area contributed by atoms with Crippen molar-refractivity contribution in [3.8, 4) is 0 Å². The Balaban J connectivity index is 1.96. The van der Waals surface area contributed by atoms with Crippen LogP contribution in [-0.2, 0) is 4.79 Å². The summed E-state index contributed by atoms with van der Waals surface area (Å²) in [4.78, 5) is 13.8. The van der Waals surface area contributed by atoms with Gasteiger partial charge in [-0.3, -0.25) is 9.69 Å². The fourth-order valence-corrected chi connectivity index (χ4v) is 2.63. The molecule has 0 spiro atoms. The Kier molecular flexibility index (Phi) is 4.71. The second kappa shape index (κ2) is 6.50. The van der Waals surface area contributed by atoms with Crippen LogP contribution in [0.25, 0.3) is 6.08 Å². The number of nitrogens with zero attached hydrogens (tertiary/aromatic N) is 1. The molecule has 1 aliphatic rings. The zero-order valence-corrected chi connectivity index (χ0v) is 12.1. The van der Waals surface area contributed by atoms with Crippen LogP contribution >= 0.6 is 24.0 Å². The highest BCUT2D eigenvalue weighted by Gasteiger charge is 2.27. The maximum Gasteiger partial charge on any atom is 0.265 e. The molecule has 19 heavy (non-hydrogen) atoms. The molecule has 0 atom stereocenters.